The standard InChI is InChI=1S/C12H26N2O/c1-5-7-11(3)14(4)12(15)9-6-8-10(2)13/h10-11H,5-9,13H2,1-4H3. The molecule has 0 saturated heterocycles. The fourth-order valence-electron chi connectivity index (χ4n) is 1.61. The minimum atomic E-state index is 0.205. The summed E-state index contributed by atoms with van der Waals surface area (Å²) >= 11 is 0. The molecule has 0 spiro atoms. The highest BCUT2D eigenvalue weighted by Gasteiger charge is 2.14. The first kappa shape index (κ1) is 14.4. The highest BCUT2D eigenvalue weighted by molar-refractivity contribution is 5.76. The number of carbonyl (C=O) groups excluding carboxylic acids is 1. The molecule has 2 N–H and O–H groups in total. The molecule has 0 saturated carbocycles. The highest BCUT2D eigenvalue weighted by Crippen LogP contribution is 2.08. The van der Waals surface area contributed by atoms with Gasteiger partial charge in [0.1, 0.15) is 0 Å². The summed E-state index contributed by atoms with van der Waals surface area (Å²) in [6.45, 7) is 6.23. The van der Waals surface area contributed by atoms with Crippen molar-refractivity contribution in [1.29, 1.82) is 0 Å². The van der Waals surface area contributed by atoms with Crippen LogP contribution in [0.15, 0.2) is 0 Å². The van der Waals surface area contributed by atoms with Crippen molar-refractivity contribution in [2.45, 2.75) is 65.0 Å². The molecule has 1 amide bonds. The van der Waals surface area contributed by atoms with Gasteiger partial charge in [-0.15, -0.1) is 0 Å². The third-order valence-electron chi connectivity index (χ3n) is 2.81. The molecule has 0 aliphatic carbocycles. The van der Waals surface area contributed by atoms with E-state index in [-0.39, 0.29) is 11.9 Å². The van der Waals surface area contributed by atoms with Crippen molar-refractivity contribution in [1.82, 2.24) is 4.90 Å². The average Bonchev–Trinajstić information content (AvgIpc) is 2.16. The molecule has 0 aliphatic rings. The van der Waals surface area contributed by atoms with Crippen molar-refractivity contribution in [3.63, 3.8) is 0 Å². The Morgan fingerprint density at radius 2 is 1.93 bits per heavy atom. The lowest BCUT2D eigenvalue weighted by molar-refractivity contribution is -0.131. The number of nitrogens with zero attached hydrogens (tertiary/aromatic N) is 1. The molecule has 15 heavy (non-hydrogen) atoms. The van der Waals surface area contributed by atoms with E-state index in [1.807, 2.05) is 18.9 Å². The maximum atomic E-state index is 11.7. The van der Waals surface area contributed by atoms with Gasteiger partial charge in [-0.05, 0) is 33.1 Å². The summed E-state index contributed by atoms with van der Waals surface area (Å²) in [6.07, 6.45) is 4.67. The Bertz CT molecular complexity index is 180. The van der Waals surface area contributed by atoms with E-state index in [2.05, 4.69) is 13.8 Å². The molecule has 0 aromatic rings. The van der Waals surface area contributed by atoms with E-state index in [0.29, 0.717) is 12.5 Å². The largest absolute Gasteiger partial charge is 0.343 e. The van der Waals surface area contributed by atoms with E-state index in [0.717, 1.165) is 25.7 Å². The van der Waals surface area contributed by atoms with Crippen LogP contribution in [0, 0.1) is 0 Å². The van der Waals surface area contributed by atoms with Gasteiger partial charge in [-0.1, -0.05) is 13.3 Å². The molecule has 3 nitrogen and oxygen atoms in total. The molecule has 0 aliphatic heterocycles. The van der Waals surface area contributed by atoms with E-state index in [4.69, 9.17) is 5.73 Å². The van der Waals surface area contributed by atoms with Crippen molar-refractivity contribution in [3.8, 4) is 0 Å². The highest BCUT2D eigenvalue weighted by atomic mass is 16.2. The van der Waals surface area contributed by atoms with Crippen molar-refractivity contribution in [3.05, 3.63) is 0 Å². The summed E-state index contributed by atoms with van der Waals surface area (Å²) in [5.41, 5.74) is 5.64. The number of rotatable bonds is 7. The minimum absolute atomic E-state index is 0.205. The lowest BCUT2D eigenvalue weighted by Crippen LogP contribution is -2.34. The minimum Gasteiger partial charge on any atom is -0.343 e. The van der Waals surface area contributed by atoms with Crippen LogP contribution in [0.2, 0.25) is 0 Å². The van der Waals surface area contributed by atoms with Crippen LogP contribution in [0.1, 0.15) is 52.9 Å². The van der Waals surface area contributed by atoms with Gasteiger partial charge < -0.3 is 10.6 Å². The predicted octanol–water partition coefficient (Wildman–Crippen LogP) is 2.15. The number of hydrogen-bond donors (Lipinski definition) is 1. The normalized spacial score (nSPS) is 14.7. The van der Waals surface area contributed by atoms with Crippen LogP contribution in [0.25, 0.3) is 0 Å². The van der Waals surface area contributed by atoms with Crippen molar-refractivity contribution >= 4 is 5.91 Å². The van der Waals surface area contributed by atoms with Gasteiger partial charge in [-0.3, -0.25) is 4.79 Å². The molecule has 2 atom stereocenters. The van der Waals surface area contributed by atoms with E-state index in [1.54, 1.807) is 0 Å². The average molecular weight is 214 g/mol. The van der Waals surface area contributed by atoms with Crippen molar-refractivity contribution in [2.75, 3.05) is 7.05 Å². The predicted molar refractivity (Wildman–Crippen MR) is 64.6 cm³/mol. The number of nitrogens with two attached hydrogens (primary N) is 1. The van der Waals surface area contributed by atoms with Gasteiger partial charge in [-0.25, -0.2) is 0 Å². The second-order valence-electron chi connectivity index (χ2n) is 4.51. The van der Waals surface area contributed by atoms with Crippen molar-refractivity contribution in [2.24, 2.45) is 5.73 Å². The monoisotopic (exact) mass is 214 g/mol. The zero-order chi connectivity index (χ0) is 11.8. The van der Waals surface area contributed by atoms with E-state index >= 15 is 0 Å². The molecular formula is C12H26N2O. The summed E-state index contributed by atoms with van der Waals surface area (Å²) in [5.74, 6) is 0.247. The lowest BCUT2D eigenvalue weighted by Gasteiger charge is -2.24. The maximum Gasteiger partial charge on any atom is 0.222 e. The summed E-state index contributed by atoms with van der Waals surface area (Å²) in [7, 11) is 1.90. The van der Waals surface area contributed by atoms with Gasteiger partial charge in [0.2, 0.25) is 5.91 Å². The molecule has 0 bridgehead atoms. The van der Waals surface area contributed by atoms with Gasteiger partial charge in [-0.2, -0.15) is 0 Å². The molecule has 90 valence electrons. The Morgan fingerprint density at radius 3 is 2.40 bits per heavy atom. The number of carbonyl (C=O) groups is 1. The topological polar surface area (TPSA) is 46.3 Å². The molecule has 0 aromatic carbocycles. The summed E-state index contributed by atoms with van der Waals surface area (Å²) in [6, 6.07) is 0.564. The SMILES string of the molecule is CCCC(C)N(C)C(=O)CCCC(C)N. The van der Waals surface area contributed by atoms with E-state index in [1.165, 1.54) is 0 Å². The zero-order valence-electron chi connectivity index (χ0n) is 10.6. The fourth-order valence-corrected chi connectivity index (χ4v) is 1.61. The second-order valence-corrected chi connectivity index (χ2v) is 4.51. The van der Waals surface area contributed by atoms with Crippen LogP contribution in [0.5, 0.6) is 0 Å². The Morgan fingerprint density at radius 1 is 1.33 bits per heavy atom. The molecule has 0 heterocycles. The fraction of sp³-hybridized carbons (Fsp3) is 0.917. The molecular weight excluding hydrogens is 188 g/mol. The van der Waals surface area contributed by atoms with Gasteiger partial charge in [0.15, 0.2) is 0 Å². The molecule has 0 rings (SSSR count). The Balaban J connectivity index is 3.78. The molecule has 0 radical (unpaired) electrons. The van der Waals surface area contributed by atoms with E-state index < -0.39 is 0 Å². The van der Waals surface area contributed by atoms with Crippen LogP contribution in [0.3, 0.4) is 0 Å². The zero-order valence-corrected chi connectivity index (χ0v) is 10.6. The van der Waals surface area contributed by atoms with Gasteiger partial charge in [0.25, 0.3) is 0 Å². The molecule has 0 aromatic heterocycles. The van der Waals surface area contributed by atoms with Gasteiger partial charge >= 0.3 is 0 Å². The van der Waals surface area contributed by atoms with Crippen LogP contribution in [-0.4, -0.2) is 29.9 Å². The van der Waals surface area contributed by atoms with Crippen LogP contribution in [-0.2, 0) is 4.79 Å². The first-order valence-electron chi connectivity index (χ1n) is 6.00. The Labute approximate surface area is 94.0 Å². The quantitative estimate of drug-likeness (QED) is 0.706. The second kappa shape index (κ2) is 7.69. The summed E-state index contributed by atoms with van der Waals surface area (Å²) in [5, 5.41) is 0. The van der Waals surface area contributed by atoms with Crippen LogP contribution >= 0.6 is 0 Å². The summed E-state index contributed by atoms with van der Waals surface area (Å²) in [4.78, 5) is 13.6. The van der Waals surface area contributed by atoms with Gasteiger partial charge in [0.05, 0.1) is 0 Å². The molecule has 0 fully saturated rings. The number of amides is 1. The first-order chi connectivity index (χ1) is 6.99. The lowest BCUT2D eigenvalue weighted by atomic mass is 10.1. The number of hydrogen-bond acceptors (Lipinski definition) is 2. The smallest absolute Gasteiger partial charge is 0.222 e. The molecule has 3 heteroatoms. The Hall–Kier alpha value is -0.570. The van der Waals surface area contributed by atoms with Crippen LogP contribution < -0.4 is 5.73 Å². The first-order valence-corrected chi connectivity index (χ1v) is 6.00. The third kappa shape index (κ3) is 6.50. The molecule has 2 unspecified atom stereocenters. The Kier molecular flexibility index (Phi) is 7.39. The third-order valence-corrected chi connectivity index (χ3v) is 2.81. The van der Waals surface area contributed by atoms with Crippen LogP contribution in [0.4, 0.5) is 0 Å². The van der Waals surface area contributed by atoms with E-state index in [9.17, 15) is 4.79 Å². The van der Waals surface area contributed by atoms with Gasteiger partial charge in [0, 0.05) is 25.6 Å². The van der Waals surface area contributed by atoms with Crippen molar-refractivity contribution < 1.29 is 4.79 Å². The summed E-state index contributed by atoms with van der Waals surface area (Å²) < 4.78 is 0. The maximum absolute atomic E-state index is 11.7.